The van der Waals surface area contributed by atoms with E-state index in [1.54, 1.807) is 0 Å². The Morgan fingerprint density at radius 3 is 2.19 bits per heavy atom. The summed E-state index contributed by atoms with van der Waals surface area (Å²) in [6.45, 7) is 2.63. The molecule has 0 aromatic carbocycles. The molecule has 0 radical (unpaired) electrons. The molecule has 0 rings (SSSR count). The summed E-state index contributed by atoms with van der Waals surface area (Å²) in [4.78, 5) is 23.0. The van der Waals surface area contributed by atoms with Gasteiger partial charge in [0.25, 0.3) is 0 Å². The van der Waals surface area contributed by atoms with E-state index in [0.29, 0.717) is 25.4 Å². The Morgan fingerprint density at radius 2 is 1.57 bits per heavy atom. The number of halogens is 3. The molecule has 2 amide bonds. The van der Waals surface area contributed by atoms with Crippen LogP contribution in [0.2, 0.25) is 6.04 Å². The maximum atomic E-state index is 11.5. The Kier molecular flexibility index (Phi) is 12.6. The molecule has 0 heterocycles. The van der Waals surface area contributed by atoms with Crippen molar-refractivity contribution in [2.45, 2.75) is 57.9 Å². The molecule has 0 aromatic rings. The molecule has 0 fully saturated rings. The van der Waals surface area contributed by atoms with Gasteiger partial charge in [-0.3, -0.25) is 9.59 Å². The molecule has 0 unspecified atom stereocenters. The highest BCUT2D eigenvalue weighted by Crippen LogP contribution is 2.25. The Balaban J connectivity index is 3.49. The summed E-state index contributed by atoms with van der Waals surface area (Å²) < 4.78 is 0. The van der Waals surface area contributed by atoms with Crippen LogP contribution in [0.15, 0.2) is 0 Å². The zero-order chi connectivity index (χ0) is 16.1. The van der Waals surface area contributed by atoms with Gasteiger partial charge in [-0.25, -0.2) is 0 Å². The minimum Gasteiger partial charge on any atom is -0.355 e. The fourth-order valence-corrected chi connectivity index (χ4v) is 3.52. The van der Waals surface area contributed by atoms with Gasteiger partial charge in [0.15, 0.2) is 0 Å². The molecule has 4 nitrogen and oxygen atoms in total. The van der Waals surface area contributed by atoms with Gasteiger partial charge in [-0.15, -0.1) is 33.2 Å². The van der Waals surface area contributed by atoms with E-state index in [4.69, 9.17) is 33.2 Å². The Morgan fingerprint density at radius 1 is 0.905 bits per heavy atom. The number of carbonyl (C=O) groups is 2. The smallest absolute Gasteiger partial charge is 0.341 e. The molecule has 2 N–H and O–H groups in total. The van der Waals surface area contributed by atoms with E-state index < -0.39 is 6.00 Å². The molecule has 0 aliphatic rings. The highest BCUT2D eigenvalue weighted by Gasteiger charge is 2.23. The van der Waals surface area contributed by atoms with Gasteiger partial charge in [-0.2, -0.15) is 0 Å². The molecule has 0 saturated carbocycles. The van der Waals surface area contributed by atoms with E-state index in [0.717, 1.165) is 19.3 Å². The molecule has 0 bridgehead atoms. The number of hydrogen-bond acceptors (Lipinski definition) is 2. The predicted molar refractivity (Wildman–Crippen MR) is 92.1 cm³/mol. The Bertz CT molecular complexity index is 312. The summed E-state index contributed by atoms with van der Waals surface area (Å²) in [5.74, 6) is -0.282. The summed E-state index contributed by atoms with van der Waals surface area (Å²) in [5.41, 5.74) is 0. The lowest BCUT2D eigenvalue weighted by atomic mass is 10.1. The van der Waals surface area contributed by atoms with Crippen molar-refractivity contribution in [1.29, 1.82) is 0 Å². The van der Waals surface area contributed by atoms with Crippen molar-refractivity contribution in [2.75, 3.05) is 13.1 Å². The van der Waals surface area contributed by atoms with Crippen LogP contribution < -0.4 is 10.6 Å². The molecule has 0 saturated heterocycles. The zero-order valence-corrected chi connectivity index (χ0v) is 15.8. The predicted octanol–water partition coefficient (Wildman–Crippen LogP) is 3.62. The van der Waals surface area contributed by atoms with Crippen LogP contribution in [0.3, 0.4) is 0 Å². The largest absolute Gasteiger partial charge is 0.355 e. The molecule has 0 aromatic heterocycles. The van der Waals surface area contributed by atoms with Gasteiger partial charge in [0.1, 0.15) is 0 Å². The first-order valence-corrected chi connectivity index (χ1v) is 12.7. The van der Waals surface area contributed by atoms with Crippen LogP contribution in [-0.2, 0) is 9.59 Å². The first-order valence-electron chi connectivity index (χ1n) is 7.45. The third-order valence-corrected chi connectivity index (χ3v) is 5.53. The quantitative estimate of drug-likeness (QED) is 0.311. The third-order valence-electron chi connectivity index (χ3n) is 2.91. The van der Waals surface area contributed by atoms with Gasteiger partial charge in [0.2, 0.25) is 11.8 Å². The number of rotatable bonds is 12. The van der Waals surface area contributed by atoms with Crippen molar-refractivity contribution in [2.24, 2.45) is 0 Å². The van der Waals surface area contributed by atoms with Crippen molar-refractivity contribution in [3.8, 4) is 0 Å². The fraction of sp³-hybridized carbons (Fsp3) is 0.846. The summed E-state index contributed by atoms with van der Waals surface area (Å²) >= 11 is 17.2. The first kappa shape index (κ1) is 21.0. The van der Waals surface area contributed by atoms with E-state index in [2.05, 4.69) is 17.6 Å². The SMILES string of the molecule is CCCCCCCC(=O)NCC(=O)NCCC[Si](Cl)(Cl)Cl. The standard InChI is InChI=1S/C13H25Cl3N2O2Si/c1-2-3-4-5-6-8-12(19)18-11-13(20)17-9-7-10-21(14,15)16/h2-11H2,1H3,(H,17,20)(H,18,19). The van der Waals surface area contributed by atoms with Crippen LogP contribution >= 0.6 is 33.2 Å². The van der Waals surface area contributed by atoms with Gasteiger partial charge in [-0.05, 0) is 18.9 Å². The van der Waals surface area contributed by atoms with Crippen molar-refractivity contribution >= 4 is 51.1 Å². The Labute approximate surface area is 142 Å². The monoisotopic (exact) mass is 374 g/mol. The number of unbranched alkanes of at least 4 members (excludes halogenated alkanes) is 4. The van der Waals surface area contributed by atoms with E-state index in [-0.39, 0.29) is 18.4 Å². The lowest BCUT2D eigenvalue weighted by molar-refractivity contribution is -0.126. The van der Waals surface area contributed by atoms with Crippen LogP contribution in [0, 0.1) is 0 Å². The third kappa shape index (κ3) is 16.2. The normalized spacial score (nSPS) is 11.2. The van der Waals surface area contributed by atoms with Crippen molar-refractivity contribution < 1.29 is 9.59 Å². The molecule has 0 aliphatic carbocycles. The van der Waals surface area contributed by atoms with Gasteiger partial charge < -0.3 is 10.6 Å². The lowest BCUT2D eigenvalue weighted by Gasteiger charge is -2.09. The molecule has 8 heteroatoms. The number of amides is 2. The average Bonchev–Trinajstić information content (AvgIpc) is 2.40. The summed E-state index contributed by atoms with van der Waals surface area (Å²) in [6.07, 6.45) is 6.62. The van der Waals surface area contributed by atoms with Crippen LogP contribution in [0.5, 0.6) is 0 Å². The Hall–Kier alpha value is 0.0269. The zero-order valence-electron chi connectivity index (χ0n) is 12.5. The van der Waals surface area contributed by atoms with E-state index in [9.17, 15) is 9.59 Å². The lowest BCUT2D eigenvalue weighted by Crippen LogP contribution is -2.37. The molecule has 0 aliphatic heterocycles. The van der Waals surface area contributed by atoms with Crippen LogP contribution in [-0.4, -0.2) is 30.9 Å². The fourth-order valence-electron chi connectivity index (χ4n) is 1.74. The van der Waals surface area contributed by atoms with Gasteiger partial charge >= 0.3 is 6.00 Å². The summed E-state index contributed by atoms with van der Waals surface area (Å²) in [6, 6.07) is -2.08. The second-order valence-electron chi connectivity index (χ2n) is 5.01. The first-order chi connectivity index (χ1) is 9.85. The molecule has 21 heavy (non-hydrogen) atoms. The molecular formula is C13H25Cl3N2O2Si. The van der Waals surface area contributed by atoms with Crippen LogP contribution in [0.1, 0.15) is 51.9 Å². The summed E-state index contributed by atoms with van der Waals surface area (Å²) in [5, 5.41) is 5.30. The van der Waals surface area contributed by atoms with Crippen LogP contribution in [0.25, 0.3) is 0 Å². The van der Waals surface area contributed by atoms with Gasteiger partial charge in [0, 0.05) is 13.0 Å². The van der Waals surface area contributed by atoms with Gasteiger partial charge in [0.05, 0.1) is 6.54 Å². The topological polar surface area (TPSA) is 58.2 Å². The van der Waals surface area contributed by atoms with Crippen LogP contribution in [0.4, 0.5) is 0 Å². The van der Waals surface area contributed by atoms with E-state index in [1.807, 2.05) is 0 Å². The maximum absolute atomic E-state index is 11.5. The van der Waals surface area contributed by atoms with Crippen molar-refractivity contribution in [1.82, 2.24) is 10.6 Å². The molecule has 0 spiro atoms. The average molecular weight is 376 g/mol. The summed E-state index contributed by atoms with van der Waals surface area (Å²) in [7, 11) is 0. The number of nitrogens with one attached hydrogen (secondary N) is 2. The van der Waals surface area contributed by atoms with Crippen molar-refractivity contribution in [3.05, 3.63) is 0 Å². The molecular weight excluding hydrogens is 351 g/mol. The molecule has 0 atom stereocenters. The molecule has 124 valence electrons. The maximum Gasteiger partial charge on any atom is 0.341 e. The number of carbonyl (C=O) groups excluding carboxylic acids is 2. The second kappa shape index (κ2) is 12.6. The van der Waals surface area contributed by atoms with E-state index in [1.165, 1.54) is 12.8 Å². The highest BCUT2D eigenvalue weighted by molar-refractivity contribution is 7.64. The minimum absolute atomic E-state index is 0.0129. The van der Waals surface area contributed by atoms with E-state index >= 15 is 0 Å². The second-order valence-corrected chi connectivity index (χ2v) is 14.3. The van der Waals surface area contributed by atoms with Crippen molar-refractivity contribution in [3.63, 3.8) is 0 Å². The number of hydrogen-bond donors (Lipinski definition) is 2. The highest BCUT2D eigenvalue weighted by atomic mass is 35.8. The van der Waals surface area contributed by atoms with Gasteiger partial charge in [-0.1, -0.05) is 32.6 Å². The minimum atomic E-state index is -2.59.